The van der Waals surface area contributed by atoms with Crippen LogP contribution in [0.5, 0.6) is 0 Å². The molecule has 2 aliphatic rings. The molecule has 114 valence electrons. The first-order valence-electron chi connectivity index (χ1n) is 6.97. The van der Waals surface area contributed by atoms with Crippen LogP contribution < -0.4 is 5.32 Å². The fourth-order valence-electron chi connectivity index (χ4n) is 3.65. The maximum Gasteiger partial charge on any atom is 0.327 e. The normalized spacial score (nSPS) is 30.1. The number of carboxylic acids is 1. The molecule has 0 aliphatic heterocycles. The number of aliphatic carboxylic acids is 1. The van der Waals surface area contributed by atoms with E-state index in [2.05, 4.69) is 5.32 Å². The van der Waals surface area contributed by atoms with E-state index in [-0.39, 0.29) is 11.7 Å². The molecule has 0 aromatic heterocycles. The third-order valence-corrected chi connectivity index (χ3v) is 6.23. The van der Waals surface area contributed by atoms with Crippen molar-refractivity contribution in [1.29, 1.82) is 0 Å². The second kappa shape index (κ2) is 5.71. The minimum Gasteiger partial charge on any atom is -0.480 e. The molecule has 20 heavy (non-hydrogen) atoms. The molecule has 2 aliphatic carbocycles. The number of amides is 1. The van der Waals surface area contributed by atoms with Crippen molar-refractivity contribution in [1.82, 2.24) is 5.32 Å². The SMILES string of the molecule is CC(=O)N[C@@H](CS(=O)(=O)CC1CC2CCC1C2)C(=O)O. The Morgan fingerprint density at radius 1 is 1.30 bits per heavy atom. The summed E-state index contributed by atoms with van der Waals surface area (Å²) in [6, 6.07) is -1.35. The van der Waals surface area contributed by atoms with Gasteiger partial charge in [-0.25, -0.2) is 13.2 Å². The van der Waals surface area contributed by atoms with E-state index >= 15 is 0 Å². The Morgan fingerprint density at radius 3 is 2.45 bits per heavy atom. The lowest BCUT2D eigenvalue weighted by atomic mass is 9.90. The van der Waals surface area contributed by atoms with E-state index in [1.807, 2.05) is 0 Å². The lowest BCUT2D eigenvalue weighted by Gasteiger charge is -2.22. The maximum atomic E-state index is 12.1. The average molecular weight is 303 g/mol. The highest BCUT2D eigenvalue weighted by Gasteiger charge is 2.41. The predicted molar refractivity (Wildman–Crippen MR) is 72.8 cm³/mol. The number of hydrogen-bond donors (Lipinski definition) is 2. The van der Waals surface area contributed by atoms with Gasteiger partial charge in [-0.15, -0.1) is 0 Å². The van der Waals surface area contributed by atoms with Gasteiger partial charge in [-0.1, -0.05) is 6.42 Å². The summed E-state index contributed by atoms with van der Waals surface area (Å²) in [4.78, 5) is 21.9. The van der Waals surface area contributed by atoms with Crippen LogP contribution in [0.3, 0.4) is 0 Å². The lowest BCUT2D eigenvalue weighted by Crippen LogP contribution is -2.45. The Bertz CT molecular complexity index is 501. The molecule has 0 aromatic rings. The summed E-state index contributed by atoms with van der Waals surface area (Å²) in [5, 5.41) is 11.1. The second-order valence-electron chi connectivity index (χ2n) is 6.10. The minimum atomic E-state index is -3.47. The van der Waals surface area contributed by atoms with Gasteiger partial charge in [0.2, 0.25) is 5.91 Å². The molecule has 2 N–H and O–H groups in total. The summed E-state index contributed by atoms with van der Waals surface area (Å²) >= 11 is 0. The van der Waals surface area contributed by atoms with Gasteiger partial charge in [-0.3, -0.25) is 4.79 Å². The van der Waals surface area contributed by atoms with Crippen LogP contribution in [-0.4, -0.2) is 42.9 Å². The Balaban J connectivity index is 1.95. The third-order valence-electron chi connectivity index (χ3n) is 4.45. The molecule has 0 aromatic carbocycles. The highest BCUT2D eigenvalue weighted by atomic mass is 32.2. The van der Waals surface area contributed by atoms with Crippen LogP contribution in [0.2, 0.25) is 0 Å². The van der Waals surface area contributed by atoms with Crippen molar-refractivity contribution in [3.05, 3.63) is 0 Å². The van der Waals surface area contributed by atoms with Crippen LogP contribution in [0, 0.1) is 17.8 Å². The summed E-state index contributed by atoms with van der Waals surface area (Å²) in [5.74, 6) is -0.993. The molecular formula is C13H21NO5S. The molecule has 0 spiro atoms. The van der Waals surface area contributed by atoms with Crippen LogP contribution in [0.4, 0.5) is 0 Å². The van der Waals surface area contributed by atoms with Gasteiger partial charge in [0.25, 0.3) is 0 Å². The zero-order valence-corrected chi connectivity index (χ0v) is 12.4. The summed E-state index contributed by atoms with van der Waals surface area (Å²) in [6.07, 6.45) is 4.36. The molecule has 2 saturated carbocycles. The Kier molecular flexibility index (Phi) is 4.36. The number of carbonyl (C=O) groups excluding carboxylic acids is 1. The average Bonchev–Trinajstić information content (AvgIpc) is 2.87. The highest BCUT2D eigenvalue weighted by Crippen LogP contribution is 2.48. The molecule has 1 amide bonds. The number of rotatable bonds is 6. The van der Waals surface area contributed by atoms with Crippen molar-refractivity contribution < 1.29 is 23.1 Å². The zero-order chi connectivity index (χ0) is 14.9. The Morgan fingerprint density at radius 2 is 2.00 bits per heavy atom. The van der Waals surface area contributed by atoms with Gasteiger partial charge >= 0.3 is 5.97 Å². The number of carbonyl (C=O) groups is 2. The van der Waals surface area contributed by atoms with Crippen molar-refractivity contribution >= 4 is 21.7 Å². The molecule has 0 saturated heterocycles. The number of sulfone groups is 1. The smallest absolute Gasteiger partial charge is 0.327 e. The topological polar surface area (TPSA) is 101 Å². The van der Waals surface area contributed by atoms with Gasteiger partial charge in [-0.2, -0.15) is 0 Å². The summed E-state index contributed by atoms with van der Waals surface area (Å²) in [7, 11) is -3.47. The number of nitrogens with one attached hydrogen (secondary N) is 1. The number of carboxylic acid groups (broad SMARTS) is 1. The Hall–Kier alpha value is -1.11. The number of hydrogen-bond acceptors (Lipinski definition) is 4. The van der Waals surface area contributed by atoms with Crippen LogP contribution in [0.15, 0.2) is 0 Å². The monoisotopic (exact) mass is 303 g/mol. The van der Waals surface area contributed by atoms with E-state index in [0.717, 1.165) is 19.3 Å². The molecule has 0 heterocycles. The summed E-state index contributed by atoms with van der Waals surface area (Å²) in [6.45, 7) is 1.18. The largest absolute Gasteiger partial charge is 0.480 e. The van der Waals surface area contributed by atoms with E-state index in [0.29, 0.717) is 11.8 Å². The van der Waals surface area contributed by atoms with E-state index in [1.54, 1.807) is 0 Å². The lowest BCUT2D eigenvalue weighted by molar-refractivity contribution is -0.140. The molecular weight excluding hydrogens is 282 g/mol. The molecule has 7 heteroatoms. The Labute approximate surface area is 118 Å². The van der Waals surface area contributed by atoms with E-state index in [1.165, 1.54) is 13.3 Å². The zero-order valence-electron chi connectivity index (χ0n) is 11.5. The molecule has 2 bridgehead atoms. The van der Waals surface area contributed by atoms with Gasteiger partial charge in [0, 0.05) is 6.92 Å². The highest BCUT2D eigenvalue weighted by molar-refractivity contribution is 7.91. The third kappa shape index (κ3) is 3.71. The van der Waals surface area contributed by atoms with Crippen LogP contribution >= 0.6 is 0 Å². The van der Waals surface area contributed by atoms with Gasteiger partial charge in [0.15, 0.2) is 9.84 Å². The van der Waals surface area contributed by atoms with Gasteiger partial charge in [-0.05, 0) is 37.0 Å². The first-order valence-corrected chi connectivity index (χ1v) is 8.79. The summed E-state index contributed by atoms with van der Waals surface area (Å²) < 4.78 is 24.3. The molecule has 4 atom stereocenters. The van der Waals surface area contributed by atoms with E-state index in [4.69, 9.17) is 5.11 Å². The van der Waals surface area contributed by atoms with Crippen molar-refractivity contribution in [2.24, 2.45) is 17.8 Å². The predicted octanol–water partition coefficient (Wildman–Crippen LogP) is 0.427. The van der Waals surface area contributed by atoms with Crippen LogP contribution in [0.1, 0.15) is 32.6 Å². The first kappa shape index (κ1) is 15.3. The van der Waals surface area contributed by atoms with Crippen molar-refractivity contribution in [2.75, 3.05) is 11.5 Å². The standard InChI is InChI=1S/C13H21NO5S/c1-8(15)14-12(13(16)17)7-20(18,19)6-11-5-9-2-3-10(11)4-9/h9-12H,2-7H2,1H3,(H,14,15)(H,16,17)/t9?,10?,11?,12-/m0/s1. The van der Waals surface area contributed by atoms with Crippen molar-refractivity contribution in [3.8, 4) is 0 Å². The number of fused-ring (bicyclic) bond motifs is 2. The molecule has 2 fully saturated rings. The fourth-order valence-corrected chi connectivity index (χ4v) is 5.58. The second-order valence-corrected chi connectivity index (χ2v) is 8.26. The summed E-state index contributed by atoms with van der Waals surface area (Å²) in [5.41, 5.74) is 0. The fraction of sp³-hybridized carbons (Fsp3) is 0.846. The van der Waals surface area contributed by atoms with Gasteiger partial charge in [0.1, 0.15) is 6.04 Å². The molecule has 6 nitrogen and oxygen atoms in total. The van der Waals surface area contributed by atoms with E-state index < -0.39 is 33.5 Å². The van der Waals surface area contributed by atoms with Crippen LogP contribution in [0.25, 0.3) is 0 Å². The first-order chi connectivity index (χ1) is 9.27. The molecule has 2 rings (SSSR count). The van der Waals surface area contributed by atoms with Gasteiger partial charge in [0.05, 0.1) is 11.5 Å². The molecule has 0 radical (unpaired) electrons. The maximum absolute atomic E-state index is 12.1. The molecule has 3 unspecified atom stereocenters. The van der Waals surface area contributed by atoms with Gasteiger partial charge < -0.3 is 10.4 Å². The van der Waals surface area contributed by atoms with Crippen LogP contribution in [-0.2, 0) is 19.4 Å². The van der Waals surface area contributed by atoms with Crippen molar-refractivity contribution in [3.63, 3.8) is 0 Å². The quantitative estimate of drug-likeness (QED) is 0.741. The minimum absolute atomic E-state index is 0.0531. The van der Waals surface area contributed by atoms with Crippen molar-refractivity contribution in [2.45, 2.75) is 38.6 Å². The van der Waals surface area contributed by atoms with E-state index in [9.17, 15) is 18.0 Å².